The number of rotatable bonds is 5. The van der Waals surface area contributed by atoms with Crippen LogP contribution in [-0.4, -0.2) is 18.1 Å². The van der Waals surface area contributed by atoms with E-state index in [2.05, 4.69) is 38.5 Å². The van der Waals surface area contributed by atoms with Crippen LogP contribution in [0.1, 0.15) is 29.7 Å². The van der Waals surface area contributed by atoms with Gasteiger partial charge in [-0.05, 0) is 36.2 Å². The minimum atomic E-state index is -0.397. The van der Waals surface area contributed by atoms with Crippen molar-refractivity contribution in [2.45, 2.75) is 26.1 Å². The van der Waals surface area contributed by atoms with E-state index in [1.807, 2.05) is 24.3 Å². The van der Waals surface area contributed by atoms with Gasteiger partial charge < -0.3 is 15.7 Å². The Bertz CT molecular complexity index is 721. The second-order valence-electron chi connectivity index (χ2n) is 5.40. The van der Waals surface area contributed by atoms with Crippen LogP contribution in [0.25, 0.3) is 0 Å². The maximum atomic E-state index is 13.4. The molecule has 0 aliphatic heterocycles. The van der Waals surface area contributed by atoms with Gasteiger partial charge in [0.05, 0.1) is 12.6 Å². The van der Waals surface area contributed by atoms with Gasteiger partial charge in [-0.2, -0.15) is 0 Å². The van der Waals surface area contributed by atoms with Crippen molar-refractivity contribution in [3.8, 4) is 0 Å². The topological polar surface area (TPSA) is 56.7 Å². The standard InChI is InChI=1S/C18H21BrFN3O/c1-12(15-5-3-4-6-16(15)19)23-18(21-2)22-10-13-7-8-17(20)14(9-13)11-24/h3-9,12,24H,10-11H2,1-2H3,(H2,21,22,23). The van der Waals surface area contributed by atoms with Gasteiger partial charge in [0.1, 0.15) is 5.82 Å². The number of hydrogen-bond acceptors (Lipinski definition) is 2. The molecule has 0 bridgehead atoms. The number of aliphatic hydroxyl groups is 1. The molecule has 128 valence electrons. The SMILES string of the molecule is CN=C(NCc1ccc(F)c(CO)c1)NC(C)c1ccccc1Br. The summed E-state index contributed by atoms with van der Waals surface area (Å²) in [5.74, 6) is 0.249. The molecule has 0 saturated carbocycles. The van der Waals surface area contributed by atoms with E-state index in [-0.39, 0.29) is 12.6 Å². The smallest absolute Gasteiger partial charge is 0.191 e. The quantitative estimate of drug-likeness (QED) is 0.538. The Labute approximate surface area is 150 Å². The lowest BCUT2D eigenvalue weighted by Crippen LogP contribution is -2.38. The van der Waals surface area contributed by atoms with Gasteiger partial charge in [0.15, 0.2) is 5.96 Å². The first kappa shape index (κ1) is 18.4. The fourth-order valence-corrected chi connectivity index (χ4v) is 2.98. The van der Waals surface area contributed by atoms with E-state index in [4.69, 9.17) is 5.11 Å². The molecule has 0 saturated heterocycles. The van der Waals surface area contributed by atoms with Crippen molar-refractivity contribution in [3.63, 3.8) is 0 Å². The maximum absolute atomic E-state index is 13.4. The van der Waals surface area contributed by atoms with Crippen LogP contribution in [-0.2, 0) is 13.2 Å². The Morgan fingerprint density at radius 1 is 1.29 bits per heavy atom. The molecule has 0 spiro atoms. The van der Waals surface area contributed by atoms with Crippen molar-refractivity contribution in [2.75, 3.05) is 7.05 Å². The highest BCUT2D eigenvalue weighted by Crippen LogP contribution is 2.22. The third kappa shape index (κ3) is 4.79. The van der Waals surface area contributed by atoms with Gasteiger partial charge in [-0.3, -0.25) is 4.99 Å². The summed E-state index contributed by atoms with van der Waals surface area (Å²) in [6, 6.07) is 12.8. The van der Waals surface area contributed by atoms with Crippen molar-refractivity contribution in [1.29, 1.82) is 0 Å². The van der Waals surface area contributed by atoms with Crippen molar-refractivity contribution in [2.24, 2.45) is 4.99 Å². The van der Waals surface area contributed by atoms with Gasteiger partial charge in [-0.15, -0.1) is 0 Å². The van der Waals surface area contributed by atoms with E-state index < -0.39 is 5.82 Å². The molecule has 1 atom stereocenters. The molecule has 6 heteroatoms. The van der Waals surface area contributed by atoms with Gasteiger partial charge in [0, 0.05) is 23.6 Å². The third-order valence-corrected chi connectivity index (χ3v) is 4.41. The number of aliphatic imine (C=N–C) groups is 1. The van der Waals surface area contributed by atoms with Crippen molar-refractivity contribution in [1.82, 2.24) is 10.6 Å². The van der Waals surface area contributed by atoms with Gasteiger partial charge in [0.2, 0.25) is 0 Å². The molecule has 0 aliphatic carbocycles. The second-order valence-corrected chi connectivity index (χ2v) is 6.25. The second kappa shape index (κ2) is 8.80. The molecule has 0 fully saturated rings. The van der Waals surface area contributed by atoms with E-state index in [1.165, 1.54) is 6.07 Å². The van der Waals surface area contributed by atoms with E-state index in [0.29, 0.717) is 18.1 Å². The lowest BCUT2D eigenvalue weighted by molar-refractivity contribution is 0.275. The van der Waals surface area contributed by atoms with Gasteiger partial charge in [-0.1, -0.05) is 40.2 Å². The molecular weight excluding hydrogens is 373 g/mol. The molecule has 1 unspecified atom stereocenters. The molecule has 4 nitrogen and oxygen atoms in total. The summed E-state index contributed by atoms with van der Waals surface area (Å²) in [4.78, 5) is 4.21. The molecule has 0 radical (unpaired) electrons. The normalized spacial score (nSPS) is 12.8. The number of nitrogens with zero attached hydrogens (tertiary/aromatic N) is 1. The zero-order valence-electron chi connectivity index (χ0n) is 13.7. The first-order chi connectivity index (χ1) is 11.5. The summed E-state index contributed by atoms with van der Waals surface area (Å²) in [6.07, 6.45) is 0. The Morgan fingerprint density at radius 3 is 2.71 bits per heavy atom. The Kier molecular flexibility index (Phi) is 6.75. The highest BCUT2D eigenvalue weighted by atomic mass is 79.9. The van der Waals surface area contributed by atoms with Crippen molar-refractivity contribution < 1.29 is 9.50 Å². The molecule has 0 amide bonds. The highest BCUT2D eigenvalue weighted by Gasteiger charge is 2.10. The number of benzene rings is 2. The van der Waals surface area contributed by atoms with Crippen molar-refractivity contribution >= 4 is 21.9 Å². The van der Waals surface area contributed by atoms with Crippen LogP contribution in [0.4, 0.5) is 4.39 Å². The summed E-state index contributed by atoms with van der Waals surface area (Å²) in [6.45, 7) is 2.22. The number of nitrogens with one attached hydrogen (secondary N) is 2. The lowest BCUT2D eigenvalue weighted by Gasteiger charge is -2.19. The molecule has 0 aliphatic rings. The monoisotopic (exact) mass is 393 g/mol. The molecule has 2 aromatic carbocycles. The molecular formula is C18H21BrFN3O. The van der Waals surface area contributed by atoms with Gasteiger partial charge >= 0.3 is 0 Å². The highest BCUT2D eigenvalue weighted by molar-refractivity contribution is 9.10. The van der Waals surface area contributed by atoms with Crippen LogP contribution in [0.2, 0.25) is 0 Å². The predicted molar refractivity (Wildman–Crippen MR) is 98.2 cm³/mol. The van der Waals surface area contributed by atoms with Gasteiger partial charge in [0.25, 0.3) is 0 Å². The zero-order chi connectivity index (χ0) is 17.5. The first-order valence-electron chi connectivity index (χ1n) is 7.65. The van der Waals surface area contributed by atoms with E-state index in [9.17, 15) is 4.39 Å². The molecule has 2 aromatic rings. The zero-order valence-corrected chi connectivity index (χ0v) is 15.3. The molecule has 3 N–H and O–H groups in total. The first-order valence-corrected chi connectivity index (χ1v) is 8.44. The summed E-state index contributed by atoms with van der Waals surface area (Å²) in [7, 11) is 1.70. The fraction of sp³-hybridized carbons (Fsp3) is 0.278. The van der Waals surface area contributed by atoms with Gasteiger partial charge in [-0.25, -0.2) is 4.39 Å². The van der Waals surface area contributed by atoms with E-state index in [1.54, 1.807) is 19.2 Å². The van der Waals surface area contributed by atoms with Crippen LogP contribution in [0.3, 0.4) is 0 Å². The number of guanidine groups is 1. The number of hydrogen-bond donors (Lipinski definition) is 3. The Hall–Kier alpha value is -1.92. The van der Waals surface area contributed by atoms with E-state index >= 15 is 0 Å². The minimum absolute atomic E-state index is 0.0630. The average molecular weight is 394 g/mol. The van der Waals surface area contributed by atoms with Crippen LogP contribution in [0.15, 0.2) is 51.9 Å². The maximum Gasteiger partial charge on any atom is 0.191 e. The van der Waals surface area contributed by atoms with Crippen LogP contribution >= 0.6 is 15.9 Å². The van der Waals surface area contributed by atoms with Crippen LogP contribution < -0.4 is 10.6 Å². The third-order valence-electron chi connectivity index (χ3n) is 3.69. The number of aliphatic hydroxyl groups excluding tert-OH is 1. The summed E-state index contributed by atoms with van der Waals surface area (Å²) in [5, 5.41) is 15.7. The Morgan fingerprint density at radius 2 is 2.04 bits per heavy atom. The minimum Gasteiger partial charge on any atom is -0.392 e. The number of halogens is 2. The lowest BCUT2D eigenvalue weighted by atomic mass is 10.1. The largest absolute Gasteiger partial charge is 0.392 e. The van der Waals surface area contributed by atoms with Crippen LogP contribution in [0.5, 0.6) is 0 Å². The Balaban J connectivity index is 1.99. The summed E-state index contributed by atoms with van der Waals surface area (Å²) >= 11 is 3.55. The fourth-order valence-electron chi connectivity index (χ4n) is 2.35. The summed E-state index contributed by atoms with van der Waals surface area (Å²) < 4.78 is 14.4. The molecule has 0 heterocycles. The van der Waals surface area contributed by atoms with E-state index in [0.717, 1.165) is 15.6 Å². The van der Waals surface area contributed by atoms with Crippen LogP contribution in [0, 0.1) is 5.82 Å². The molecule has 24 heavy (non-hydrogen) atoms. The predicted octanol–water partition coefficient (Wildman–Crippen LogP) is 3.51. The van der Waals surface area contributed by atoms with Crippen molar-refractivity contribution in [3.05, 3.63) is 69.4 Å². The molecule has 2 rings (SSSR count). The summed E-state index contributed by atoms with van der Waals surface area (Å²) in [5.41, 5.74) is 2.29. The molecule has 0 aromatic heterocycles. The average Bonchev–Trinajstić information content (AvgIpc) is 2.59.